The molecule has 3 N–H and O–H groups in total. The van der Waals surface area contributed by atoms with Crippen LogP contribution in [0.1, 0.15) is 38.8 Å². The molecule has 1 saturated carbocycles. The van der Waals surface area contributed by atoms with Crippen molar-refractivity contribution in [1.29, 1.82) is 0 Å². The maximum atomic E-state index is 5.57. The first-order valence-corrected chi connectivity index (χ1v) is 6.84. The quantitative estimate of drug-likeness (QED) is 0.820. The fourth-order valence-electron chi connectivity index (χ4n) is 2.81. The van der Waals surface area contributed by atoms with Gasteiger partial charge >= 0.3 is 0 Å². The van der Waals surface area contributed by atoms with E-state index in [9.17, 15) is 0 Å². The first kappa shape index (κ1) is 13.2. The van der Waals surface area contributed by atoms with Crippen molar-refractivity contribution in [2.45, 2.75) is 39.2 Å². The molecule has 0 aliphatic heterocycles. The van der Waals surface area contributed by atoms with E-state index in [0.717, 1.165) is 11.8 Å². The van der Waals surface area contributed by atoms with E-state index in [1.807, 2.05) is 0 Å². The predicted octanol–water partition coefficient (Wildman–Crippen LogP) is 2.35. The number of nitrogens with two attached hydrogens (primary N) is 1. The molecule has 0 saturated heterocycles. The molecule has 2 atom stereocenters. The van der Waals surface area contributed by atoms with Gasteiger partial charge in [0.05, 0.1) is 0 Å². The van der Waals surface area contributed by atoms with Gasteiger partial charge in [-0.3, -0.25) is 0 Å². The molecule has 1 aliphatic rings. The zero-order valence-electron chi connectivity index (χ0n) is 10.9. The molecule has 1 heterocycles. The van der Waals surface area contributed by atoms with Crippen molar-refractivity contribution in [3.63, 3.8) is 0 Å². The highest BCUT2D eigenvalue weighted by atomic mass is 32.1. The summed E-state index contributed by atoms with van der Waals surface area (Å²) in [5.41, 5.74) is 6.20. The van der Waals surface area contributed by atoms with Crippen LogP contribution in [0.2, 0.25) is 0 Å². The van der Waals surface area contributed by atoms with Crippen LogP contribution in [0.15, 0.2) is 12.3 Å². The molecule has 18 heavy (non-hydrogen) atoms. The van der Waals surface area contributed by atoms with Crippen LogP contribution in [0.25, 0.3) is 0 Å². The lowest BCUT2D eigenvalue weighted by Gasteiger charge is -2.31. The SMILES string of the molecule is CC1CC(C)CC(Nc2nccc(C(N)=S)n2)C1. The number of hydrogen-bond donors (Lipinski definition) is 2. The maximum Gasteiger partial charge on any atom is 0.223 e. The molecular weight excluding hydrogens is 244 g/mol. The van der Waals surface area contributed by atoms with E-state index in [1.165, 1.54) is 19.3 Å². The topological polar surface area (TPSA) is 63.8 Å². The average molecular weight is 264 g/mol. The molecule has 98 valence electrons. The molecule has 4 nitrogen and oxygen atoms in total. The standard InChI is InChI=1S/C13H20N4S/c1-8-5-9(2)7-10(6-8)16-13-15-4-3-11(17-13)12(14)18/h3-4,8-10H,5-7H2,1-2H3,(H2,14,18)(H,15,16,17). The van der Waals surface area contributed by atoms with E-state index >= 15 is 0 Å². The van der Waals surface area contributed by atoms with E-state index in [0.29, 0.717) is 22.7 Å². The van der Waals surface area contributed by atoms with Gasteiger partial charge in [0.1, 0.15) is 10.7 Å². The molecule has 5 heteroatoms. The third-order valence-electron chi connectivity index (χ3n) is 3.42. The Morgan fingerprint density at radius 3 is 2.61 bits per heavy atom. The average Bonchev–Trinajstić information content (AvgIpc) is 2.27. The third-order valence-corrected chi connectivity index (χ3v) is 3.63. The van der Waals surface area contributed by atoms with Crippen LogP contribution >= 0.6 is 12.2 Å². The second-order valence-electron chi connectivity index (χ2n) is 5.39. The van der Waals surface area contributed by atoms with Gasteiger partial charge < -0.3 is 11.1 Å². The Labute approximate surface area is 113 Å². The van der Waals surface area contributed by atoms with Crippen molar-refractivity contribution in [3.8, 4) is 0 Å². The van der Waals surface area contributed by atoms with Crippen LogP contribution in [0.4, 0.5) is 5.95 Å². The summed E-state index contributed by atoms with van der Waals surface area (Å²) in [5, 5.41) is 3.40. The summed E-state index contributed by atoms with van der Waals surface area (Å²) in [4.78, 5) is 8.87. The van der Waals surface area contributed by atoms with E-state index < -0.39 is 0 Å². The molecule has 2 unspecified atom stereocenters. The smallest absolute Gasteiger partial charge is 0.223 e. The van der Waals surface area contributed by atoms with Gasteiger partial charge in [0.2, 0.25) is 5.95 Å². The molecular formula is C13H20N4S. The highest BCUT2D eigenvalue weighted by molar-refractivity contribution is 7.80. The molecule has 0 radical (unpaired) electrons. The van der Waals surface area contributed by atoms with Crippen LogP contribution in [-0.2, 0) is 0 Å². The highest BCUT2D eigenvalue weighted by Crippen LogP contribution is 2.29. The summed E-state index contributed by atoms with van der Waals surface area (Å²) in [6, 6.07) is 2.19. The number of thiocarbonyl (C=S) groups is 1. The Bertz CT molecular complexity index is 425. The highest BCUT2D eigenvalue weighted by Gasteiger charge is 2.24. The Morgan fingerprint density at radius 1 is 1.33 bits per heavy atom. The number of nitrogens with one attached hydrogen (secondary N) is 1. The fraction of sp³-hybridized carbons (Fsp3) is 0.615. The minimum atomic E-state index is 0.311. The summed E-state index contributed by atoms with van der Waals surface area (Å²) in [5.74, 6) is 2.14. The molecule has 0 spiro atoms. The van der Waals surface area contributed by atoms with Crippen LogP contribution in [-0.4, -0.2) is 21.0 Å². The minimum Gasteiger partial charge on any atom is -0.388 e. The minimum absolute atomic E-state index is 0.311. The number of nitrogens with zero attached hydrogens (tertiary/aromatic N) is 2. The van der Waals surface area contributed by atoms with Crippen molar-refractivity contribution < 1.29 is 0 Å². The molecule has 0 amide bonds. The molecule has 1 aliphatic carbocycles. The summed E-state index contributed by atoms with van der Waals surface area (Å²) in [6.45, 7) is 4.60. The molecule has 1 aromatic rings. The summed E-state index contributed by atoms with van der Waals surface area (Å²) < 4.78 is 0. The van der Waals surface area contributed by atoms with Gasteiger partial charge in [0, 0.05) is 12.2 Å². The van der Waals surface area contributed by atoms with Gasteiger partial charge in [-0.25, -0.2) is 9.97 Å². The Kier molecular flexibility index (Phi) is 4.11. The number of rotatable bonds is 3. The van der Waals surface area contributed by atoms with Crippen molar-refractivity contribution in [1.82, 2.24) is 9.97 Å². The fourth-order valence-corrected chi connectivity index (χ4v) is 2.93. The van der Waals surface area contributed by atoms with Crippen molar-refractivity contribution in [3.05, 3.63) is 18.0 Å². The Hall–Kier alpha value is -1.23. The molecule has 0 aromatic carbocycles. The number of hydrogen-bond acceptors (Lipinski definition) is 4. The number of aromatic nitrogens is 2. The van der Waals surface area contributed by atoms with Crippen molar-refractivity contribution in [2.75, 3.05) is 5.32 Å². The van der Waals surface area contributed by atoms with Gasteiger partial charge in [-0.05, 0) is 37.2 Å². The van der Waals surface area contributed by atoms with E-state index in [2.05, 4.69) is 29.1 Å². The summed E-state index contributed by atoms with van der Waals surface area (Å²) in [6.07, 6.45) is 5.35. The first-order valence-electron chi connectivity index (χ1n) is 6.44. The van der Waals surface area contributed by atoms with Gasteiger partial charge in [-0.1, -0.05) is 26.1 Å². The lowest BCUT2D eigenvalue weighted by atomic mass is 9.80. The summed E-state index contributed by atoms with van der Waals surface area (Å²) >= 11 is 4.92. The maximum absolute atomic E-state index is 5.57. The normalized spacial score (nSPS) is 27.8. The number of anilines is 1. The molecule has 0 bridgehead atoms. The lowest BCUT2D eigenvalue weighted by Crippen LogP contribution is -2.31. The summed E-state index contributed by atoms with van der Waals surface area (Å²) in [7, 11) is 0. The van der Waals surface area contributed by atoms with Gasteiger partial charge in [0.25, 0.3) is 0 Å². The van der Waals surface area contributed by atoms with Gasteiger partial charge in [-0.15, -0.1) is 0 Å². The zero-order valence-corrected chi connectivity index (χ0v) is 11.7. The third kappa shape index (κ3) is 3.38. The van der Waals surface area contributed by atoms with Crippen LogP contribution in [0.3, 0.4) is 0 Å². The van der Waals surface area contributed by atoms with Crippen LogP contribution in [0.5, 0.6) is 0 Å². The second-order valence-corrected chi connectivity index (χ2v) is 5.83. The van der Waals surface area contributed by atoms with Gasteiger partial charge in [0.15, 0.2) is 0 Å². The molecule has 1 aromatic heterocycles. The van der Waals surface area contributed by atoms with Gasteiger partial charge in [-0.2, -0.15) is 0 Å². The van der Waals surface area contributed by atoms with E-state index in [4.69, 9.17) is 18.0 Å². The van der Waals surface area contributed by atoms with E-state index in [-0.39, 0.29) is 0 Å². The monoisotopic (exact) mass is 264 g/mol. The van der Waals surface area contributed by atoms with Crippen LogP contribution in [0, 0.1) is 11.8 Å². The zero-order chi connectivity index (χ0) is 13.1. The Balaban J connectivity index is 2.04. The molecule has 2 rings (SSSR count). The largest absolute Gasteiger partial charge is 0.388 e. The van der Waals surface area contributed by atoms with Crippen molar-refractivity contribution >= 4 is 23.2 Å². The van der Waals surface area contributed by atoms with E-state index in [1.54, 1.807) is 12.3 Å². The first-order chi connectivity index (χ1) is 8.54. The second kappa shape index (κ2) is 5.61. The van der Waals surface area contributed by atoms with Crippen LogP contribution < -0.4 is 11.1 Å². The predicted molar refractivity (Wildman–Crippen MR) is 77.5 cm³/mol. The molecule has 1 fully saturated rings. The lowest BCUT2D eigenvalue weighted by molar-refractivity contribution is 0.280. The van der Waals surface area contributed by atoms with Crippen molar-refractivity contribution in [2.24, 2.45) is 17.6 Å². The Morgan fingerprint density at radius 2 is 2.00 bits per heavy atom.